The molecular formula is C18H29N5O2S. The second kappa shape index (κ2) is 7.79. The largest absolute Gasteiger partial charge is 0.371 e. The van der Waals surface area contributed by atoms with Crippen LogP contribution in [0.5, 0.6) is 0 Å². The van der Waals surface area contributed by atoms with Crippen LogP contribution in [0.4, 0.5) is 0 Å². The minimum absolute atomic E-state index is 0.285. The molecule has 6 atom stereocenters. The fourth-order valence-corrected chi connectivity index (χ4v) is 5.74. The lowest BCUT2D eigenvalue weighted by atomic mass is 9.87. The maximum atomic E-state index is 5.71. The SMILES string of the molecule is C1=C2NNCC2CC2NCCOC12.C1=C2SCNC2CC2NCCOC12. The van der Waals surface area contributed by atoms with Crippen LogP contribution in [0.25, 0.3) is 0 Å². The number of nitrogens with one attached hydrogen (secondary N) is 5. The highest BCUT2D eigenvalue weighted by atomic mass is 32.2. The fraction of sp³-hybridized carbons (Fsp3) is 0.778. The molecule has 6 unspecified atom stereocenters. The lowest BCUT2D eigenvalue weighted by Gasteiger charge is -2.36. The summed E-state index contributed by atoms with van der Waals surface area (Å²) in [6.45, 7) is 4.75. The van der Waals surface area contributed by atoms with E-state index in [2.05, 4.69) is 39.0 Å². The molecule has 26 heavy (non-hydrogen) atoms. The van der Waals surface area contributed by atoms with Crippen molar-refractivity contribution in [3.05, 3.63) is 22.8 Å². The molecule has 0 radical (unpaired) electrons. The molecule has 0 amide bonds. The lowest BCUT2D eigenvalue weighted by molar-refractivity contribution is 0.0152. The second-order valence-electron chi connectivity index (χ2n) is 7.70. The van der Waals surface area contributed by atoms with Gasteiger partial charge in [-0.2, -0.15) is 0 Å². The molecule has 5 N–H and O–H groups in total. The summed E-state index contributed by atoms with van der Waals surface area (Å²) in [7, 11) is 0. The molecule has 4 aliphatic heterocycles. The van der Waals surface area contributed by atoms with E-state index in [1.807, 2.05) is 11.8 Å². The quantitative estimate of drug-likeness (QED) is 0.391. The van der Waals surface area contributed by atoms with Gasteiger partial charge in [0.25, 0.3) is 0 Å². The van der Waals surface area contributed by atoms with Gasteiger partial charge in [0.15, 0.2) is 0 Å². The van der Waals surface area contributed by atoms with Crippen LogP contribution in [0, 0.1) is 5.92 Å². The molecule has 0 spiro atoms. The average Bonchev–Trinajstić information content (AvgIpc) is 3.33. The predicted molar refractivity (Wildman–Crippen MR) is 102 cm³/mol. The Kier molecular flexibility index (Phi) is 5.24. The number of hydrazine groups is 1. The molecule has 6 rings (SSSR count). The van der Waals surface area contributed by atoms with Crippen molar-refractivity contribution in [3.8, 4) is 0 Å². The molecule has 144 valence electrons. The first-order valence-corrected chi connectivity index (χ1v) is 10.8. The third-order valence-electron chi connectivity index (χ3n) is 6.06. The molecule has 6 aliphatic rings. The summed E-state index contributed by atoms with van der Waals surface area (Å²) >= 11 is 1.92. The third-order valence-corrected chi connectivity index (χ3v) is 7.13. The van der Waals surface area contributed by atoms with Crippen molar-refractivity contribution in [3.63, 3.8) is 0 Å². The number of fused-ring (bicyclic) bond motifs is 4. The van der Waals surface area contributed by atoms with Crippen LogP contribution in [-0.4, -0.2) is 69.1 Å². The minimum atomic E-state index is 0.285. The predicted octanol–water partition coefficient (Wildman–Crippen LogP) is -0.351. The van der Waals surface area contributed by atoms with Gasteiger partial charge in [-0.25, -0.2) is 5.43 Å². The van der Waals surface area contributed by atoms with E-state index in [4.69, 9.17) is 9.47 Å². The lowest BCUT2D eigenvalue weighted by Crippen LogP contribution is -2.52. The number of rotatable bonds is 0. The Balaban J connectivity index is 0.000000115. The molecule has 0 aromatic rings. The summed E-state index contributed by atoms with van der Waals surface area (Å²) in [6.07, 6.45) is 7.51. The smallest absolute Gasteiger partial charge is 0.0929 e. The van der Waals surface area contributed by atoms with E-state index < -0.39 is 0 Å². The zero-order valence-electron chi connectivity index (χ0n) is 15.0. The first-order chi connectivity index (χ1) is 12.9. The monoisotopic (exact) mass is 379 g/mol. The van der Waals surface area contributed by atoms with Crippen LogP contribution in [0.3, 0.4) is 0 Å². The molecule has 4 heterocycles. The molecular weight excluding hydrogens is 350 g/mol. The maximum Gasteiger partial charge on any atom is 0.0929 e. The summed E-state index contributed by atoms with van der Waals surface area (Å²) in [5.41, 5.74) is 7.69. The summed E-state index contributed by atoms with van der Waals surface area (Å²) in [5, 5.41) is 10.5. The van der Waals surface area contributed by atoms with Crippen LogP contribution < -0.4 is 26.8 Å². The van der Waals surface area contributed by atoms with Crippen molar-refractivity contribution in [2.24, 2.45) is 5.92 Å². The molecule has 8 heteroatoms. The average molecular weight is 380 g/mol. The van der Waals surface area contributed by atoms with Gasteiger partial charge in [-0.05, 0) is 25.0 Å². The van der Waals surface area contributed by atoms with Crippen molar-refractivity contribution >= 4 is 11.8 Å². The molecule has 2 aliphatic carbocycles. The molecule has 0 aromatic heterocycles. The molecule has 0 aromatic carbocycles. The van der Waals surface area contributed by atoms with E-state index in [9.17, 15) is 0 Å². The van der Waals surface area contributed by atoms with Crippen LogP contribution in [0.15, 0.2) is 22.8 Å². The number of morpholine rings is 2. The Bertz CT molecular complexity index is 536. The van der Waals surface area contributed by atoms with E-state index >= 15 is 0 Å². The van der Waals surface area contributed by atoms with Crippen molar-refractivity contribution < 1.29 is 9.47 Å². The Hall–Kier alpha value is -0.610. The van der Waals surface area contributed by atoms with Crippen molar-refractivity contribution in [2.75, 3.05) is 38.7 Å². The van der Waals surface area contributed by atoms with Gasteiger partial charge in [0.2, 0.25) is 0 Å². The van der Waals surface area contributed by atoms with Crippen molar-refractivity contribution in [2.45, 2.75) is 43.2 Å². The van der Waals surface area contributed by atoms with Crippen molar-refractivity contribution in [1.29, 1.82) is 0 Å². The number of hydrogen-bond donors (Lipinski definition) is 5. The Morgan fingerprint density at radius 1 is 0.923 bits per heavy atom. The highest BCUT2D eigenvalue weighted by molar-refractivity contribution is 8.03. The molecule has 4 saturated heterocycles. The van der Waals surface area contributed by atoms with E-state index in [0.717, 1.165) is 38.7 Å². The van der Waals surface area contributed by atoms with Gasteiger partial charge >= 0.3 is 0 Å². The van der Waals surface area contributed by atoms with E-state index in [1.165, 1.54) is 23.4 Å². The first kappa shape index (κ1) is 17.5. The van der Waals surface area contributed by atoms with Gasteiger partial charge in [0.1, 0.15) is 0 Å². The molecule has 0 bridgehead atoms. The van der Waals surface area contributed by atoms with E-state index in [-0.39, 0.29) is 6.10 Å². The topological polar surface area (TPSA) is 78.6 Å². The van der Waals surface area contributed by atoms with Gasteiger partial charge in [-0.3, -0.25) is 0 Å². The summed E-state index contributed by atoms with van der Waals surface area (Å²) in [6, 6.07) is 1.67. The van der Waals surface area contributed by atoms with Gasteiger partial charge in [-0.1, -0.05) is 0 Å². The highest BCUT2D eigenvalue weighted by Gasteiger charge is 2.36. The van der Waals surface area contributed by atoms with Gasteiger partial charge in [0, 0.05) is 60.2 Å². The van der Waals surface area contributed by atoms with Crippen LogP contribution >= 0.6 is 11.8 Å². The Morgan fingerprint density at radius 3 is 2.54 bits per heavy atom. The standard InChI is InChI=1S/C9H15N3O.C9H14N2OS/c1-2-13-9-4-7-6(5-11-12-7)3-8(9)10-1;1-2-12-8-4-9-7(11-5-13-9)3-6(8)10-1/h4,6,8-12H,1-3,5H2;4,6-8,10-11H,1-3,5H2. The van der Waals surface area contributed by atoms with Gasteiger partial charge in [-0.15, -0.1) is 11.8 Å². The highest BCUT2D eigenvalue weighted by Crippen LogP contribution is 2.34. The van der Waals surface area contributed by atoms with E-state index in [1.54, 1.807) is 0 Å². The first-order valence-electron chi connectivity index (χ1n) is 9.85. The third kappa shape index (κ3) is 3.56. The number of ether oxygens (including phenoxy) is 2. The minimum Gasteiger partial charge on any atom is -0.371 e. The number of hydrogen-bond acceptors (Lipinski definition) is 8. The second-order valence-corrected chi connectivity index (χ2v) is 8.75. The summed E-state index contributed by atoms with van der Waals surface area (Å²) < 4.78 is 11.4. The fourth-order valence-electron chi connectivity index (χ4n) is 4.67. The molecule has 0 saturated carbocycles. The molecule has 4 fully saturated rings. The zero-order chi connectivity index (χ0) is 17.3. The summed E-state index contributed by atoms with van der Waals surface area (Å²) in [4.78, 5) is 1.49. The van der Waals surface area contributed by atoms with Gasteiger partial charge in [0.05, 0.1) is 25.4 Å². The van der Waals surface area contributed by atoms with Crippen LogP contribution in [0.2, 0.25) is 0 Å². The maximum absolute atomic E-state index is 5.71. The Morgan fingerprint density at radius 2 is 1.69 bits per heavy atom. The number of thioether (sulfide) groups is 1. The Labute approximate surface area is 159 Å². The van der Waals surface area contributed by atoms with Crippen LogP contribution in [-0.2, 0) is 9.47 Å². The summed E-state index contributed by atoms with van der Waals surface area (Å²) in [5.74, 6) is 1.73. The zero-order valence-corrected chi connectivity index (χ0v) is 15.8. The van der Waals surface area contributed by atoms with E-state index in [0.29, 0.717) is 30.1 Å². The van der Waals surface area contributed by atoms with Crippen molar-refractivity contribution in [1.82, 2.24) is 26.8 Å². The molecule has 7 nitrogen and oxygen atoms in total. The van der Waals surface area contributed by atoms with Crippen LogP contribution in [0.1, 0.15) is 12.8 Å². The van der Waals surface area contributed by atoms with Gasteiger partial charge < -0.3 is 30.8 Å². The normalized spacial score (nSPS) is 43.4.